The van der Waals surface area contributed by atoms with Crippen LogP contribution in [0.3, 0.4) is 0 Å². The quantitative estimate of drug-likeness (QED) is 0.156. The van der Waals surface area contributed by atoms with Crippen LogP contribution in [-0.4, -0.2) is 36.5 Å². The van der Waals surface area contributed by atoms with E-state index in [4.69, 9.17) is 21.4 Å². The van der Waals surface area contributed by atoms with Crippen LogP contribution in [-0.2, 0) is 14.8 Å². The number of nitrogens with one attached hydrogen (secondary N) is 1. The van der Waals surface area contributed by atoms with Crippen LogP contribution in [0.5, 0.6) is 11.5 Å². The summed E-state index contributed by atoms with van der Waals surface area (Å²) in [5, 5.41) is 20.8. The summed E-state index contributed by atoms with van der Waals surface area (Å²) in [7, 11) is -4.06. The number of phenolic OH excluding ortho intramolecular Hbond substituents is 1. The molecule has 0 bridgehead atoms. The summed E-state index contributed by atoms with van der Waals surface area (Å²) in [6.07, 6.45) is -0.000252. The van der Waals surface area contributed by atoms with Gasteiger partial charge in [-0.3, -0.25) is 9.52 Å². The van der Waals surface area contributed by atoms with E-state index in [-0.39, 0.29) is 33.1 Å². The Morgan fingerprint density at radius 2 is 1.70 bits per heavy atom. The highest BCUT2D eigenvalue weighted by Crippen LogP contribution is 2.41. The van der Waals surface area contributed by atoms with Crippen LogP contribution in [0.25, 0.3) is 21.9 Å². The summed E-state index contributed by atoms with van der Waals surface area (Å²) in [6, 6.07) is 20.0. The fraction of sp³-hybridized carbons (Fsp3) is 0.148. The average Bonchev–Trinajstić information content (AvgIpc) is 2.84. The first-order valence-electron chi connectivity index (χ1n) is 11.2. The lowest BCUT2D eigenvalue weighted by atomic mass is 10.1. The summed E-state index contributed by atoms with van der Waals surface area (Å²) in [5.74, 6) is -0.873. The molecule has 4 aromatic carbocycles. The maximum atomic E-state index is 13.4. The van der Waals surface area contributed by atoms with Crippen LogP contribution in [0.1, 0.15) is 13.8 Å². The minimum Gasteiger partial charge on any atom is -0.506 e. The maximum Gasteiger partial charge on any atom is 0.313 e. The SMILES string of the molecule is CC(C)Oc1cccc(-c2cccc(S(=O)(=O)Nc3cc(SCC(=O)O)c(O)c4cc(Cl)ccc34)c2)c1. The highest BCUT2D eigenvalue weighted by Gasteiger charge is 2.20. The first-order valence-corrected chi connectivity index (χ1v) is 14.1. The summed E-state index contributed by atoms with van der Waals surface area (Å²) in [4.78, 5) is 11.3. The zero-order valence-electron chi connectivity index (χ0n) is 19.9. The van der Waals surface area contributed by atoms with Crippen LogP contribution in [0, 0.1) is 0 Å². The van der Waals surface area contributed by atoms with E-state index in [0.29, 0.717) is 27.1 Å². The van der Waals surface area contributed by atoms with E-state index >= 15 is 0 Å². The van der Waals surface area contributed by atoms with Gasteiger partial charge >= 0.3 is 5.97 Å². The molecule has 0 aromatic heterocycles. The summed E-state index contributed by atoms with van der Waals surface area (Å²) >= 11 is 6.98. The van der Waals surface area contributed by atoms with Gasteiger partial charge in [0.15, 0.2) is 0 Å². The predicted octanol–water partition coefficient (Wildman–Crippen LogP) is 6.63. The van der Waals surface area contributed by atoms with Crippen molar-refractivity contribution in [3.05, 3.63) is 77.8 Å². The third-order valence-electron chi connectivity index (χ3n) is 5.31. The van der Waals surface area contributed by atoms with Gasteiger partial charge in [0.2, 0.25) is 0 Å². The zero-order chi connectivity index (χ0) is 26.7. The fourth-order valence-electron chi connectivity index (χ4n) is 3.76. The number of fused-ring (bicyclic) bond motifs is 1. The molecule has 0 heterocycles. The number of anilines is 1. The molecule has 0 aliphatic carbocycles. The van der Waals surface area contributed by atoms with E-state index in [2.05, 4.69) is 4.72 Å². The lowest BCUT2D eigenvalue weighted by Crippen LogP contribution is -2.13. The second-order valence-electron chi connectivity index (χ2n) is 8.47. The number of hydrogen-bond acceptors (Lipinski definition) is 6. The van der Waals surface area contributed by atoms with Crippen molar-refractivity contribution >= 4 is 55.8 Å². The Labute approximate surface area is 224 Å². The fourth-order valence-corrected chi connectivity index (χ4v) is 5.77. The van der Waals surface area contributed by atoms with E-state index in [1.54, 1.807) is 24.3 Å². The molecule has 0 aliphatic heterocycles. The maximum absolute atomic E-state index is 13.4. The molecule has 0 spiro atoms. The Morgan fingerprint density at radius 1 is 1.00 bits per heavy atom. The number of phenols is 1. The van der Waals surface area contributed by atoms with Crippen LogP contribution in [0.4, 0.5) is 5.69 Å². The van der Waals surface area contributed by atoms with Gasteiger partial charge in [-0.25, -0.2) is 8.42 Å². The van der Waals surface area contributed by atoms with Gasteiger partial charge in [0, 0.05) is 15.8 Å². The number of aliphatic carboxylic acids is 1. The number of benzene rings is 4. The summed E-state index contributed by atoms with van der Waals surface area (Å²) < 4.78 is 35.2. The van der Waals surface area contributed by atoms with Crippen molar-refractivity contribution in [2.24, 2.45) is 0 Å². The monoisotopic (exact) mass is 557 g/mol. The Bertz CT molecular complexity index is 1590. The zero-order valence-corrected chi connectivity index (χ0v) is 22.3. The molecule has 37 heavy (non-hydrogen) atoms. The lowest BCUT2D eigenvalue weighted by Gasteiger charge is -2.15. The van der Waals surface area contributed by atoms with Gasteiger partial charge in [0.25, 0.3) is 10.0 Å². The lowest BCUT2D eigenvalue weighted by molar-refractivity contribution is -0.133. The molecule has 0 saturated heterocycles. The second-order valence-corrected chi connectivity index (χ2v) is 11.6. The third-order valence-corrected chi connectivity index (χ3v) is 7.93. The van der Waals surface area contributed by atoms with Crippen molar-refractivity contribution in [1.29, 1.82) is 0 Å². The number of carboxylic acids is 1. The van der Waals surface area contributed by atoms with Crippen molar-refractivity contribution in [1.82, 2.24) is 0 Å². The Kier molecular flexibility index (Phi) is 7.87. The van der Waals surface area contributed by atoms with Gasteiger partial charge in [-0.2, -0.15) is 0 Å². The number of sulfonamides is 1. The largest absolute Gasteiger partial charge is 0.506 e. The predicted molar refractivity (Wildman–Crippen MR) is 147 cm³/mol. The Hall–Kier alpha value is -3.40. The van der Waals surface area contributed by atoms with Gasteiger partial charge in [0.1, 0.15) is 11.5 Å². The molecule has 0 radical (unpaired) electrons. The molecule has 0 atom stereocenters. The van der Waals surface area contributed by atoms with Gasteiger partial charge in [-0.05, 0) is 67.4 Å². The third kappa shape index (κ3) is 6.30. The van der Waals surface area contributed by atoms with E-state index in [1.165, 1.54) is 18.2 Å². The normalized spacial score (nSPS) is 11.6. The number of halogens is 1. The van der Waals surface area contributed by atoms with E-state index < -0.39 is 16.0 Å². The highest BCUT2D eigenvalue weighted by molar-refractivity contribution is 8.00. The molecule has 0 amide bonds. The molecule has 0 saturated carbocycles. The van der Waals surface area contributed by atoms with Gasteiger partial charge in [-0.1, -0.05) is 41.9 Å². The number of ether oxygens (including phenoxy) is 1. The molecule has 192 valence electrons. The topological polar surface area (TPSA) is 113 Å². The van der Waals surface area contributed by atoms with E-state index in [1.807, 2.05) is 44.2 Å². The van der Waals surface area contributed by atoms with Crippen molar-refractivity contribution in [2.75, 3.05) is 10.5 Å². The average molecular weight is 558 g/mol. The summed E-state index contributed by atoms with van der Waals surface area (Å²) in [6.45, 7) is 3.86. The number of hydrogen-bond donors (Lipinski definition) is 3. The second kappa shape index (κ2) is 10.9. The molecule has 3 N–H and O–H groups in total. The molecule has 4 rings (SSSR count). The molecular formula is C27H24ClNO6S2. The first-order chi connectivity index (χ1) is 17.5. The van der Waals surface area contributed by atoms with Crippen molar-refractivity contribution in [3.63, 3.8) is 0 Å². The van der Waals surface area contributed by atoms with Gasteiger partial charge in [-0.15, -0.1) is 11.8 Å². The number of carbonyl (C=O) groups is 1. The van der Waals surface area contributed by atoms with E-state index in [9.17, 15) is 18.3 Å². The van der Waals surface area contributed by atoms with Crippen molar-refractivity contribution in [2.45, 2.75) is 29.7 Å². The van der Waals surface area contributed by atoms with E-state index in [0.717, 1.165) is 17.3 Å². The van der Waals surface area contributed by atoms with Crippen LogP contribution in [0.15, 0.2) is 82.6 Å². The minimum atomic E-state index is -4.06. The minimum absolute atomic E-state index is 0.000252. The first kappa shape index (κ1) is 26.7. The van der Waals surface area contributed by atoms with Crippen LogP contribution >= 0.6 is 23.4 Å². The molecule has 0 fully saturated rings. The standard InChI is InChI=1S/C27H24ClNO6S2/c1-16(2)35-20-7-3-5-17(11-20)18-6-4-8-21(12-18)37(33,34)29-24-14-25(36-15-26(30)31)27(32)23-13-19(28)9-10-22(23)24/h3-14,16,29,32H,15H2,1-2H3,(H,30,31). The number of aromatic hydroxyl groups is 1. The van der Waals surface area contributed by atoms with Gasteiger partial charge in [0.05, 0.1) is 27.3 Å². The van der Waals surface area contributed by atoms with Gasteiger partial charge < -0.3 is 14.9 Å². The van der Waals surface area contributed by atoms with Crippen molar-refractivity contribution < 1.29 is 28.2 Å². The number of thioether (sulfide) groups is 1. The highest BCUT2D eigenvalue weighted by atomic mass is 35.5. The van der Waals surface area contributed by atoms with Crippen LogP contribution < -0.4 is 9.46 Å². The molecule has 0 aliphatic rings. The molecule has 7 nitrogen and oxygen atoms in total. The smallest absolute Gasteiger partial charge is 0.313 e. The molecule has 4 aromatic rings. The number of carboxylic acid groups (broad SMARTS) is 1. The Morgan fingerprint density at radius 3 is 2.41 bits per heavy atom. The van der Waals surface area contributed by atoms with Crippen molar-refractivity contribution in [3.8, 4) is 22.6 Å². The Balaban J connectivity index is 1.73. The molecule has 10 heteroatoms. The molecule has 0 unspecified atom stereocenters. The summed E-state index contributed by atoms with van der Waals surface area (Å²) in [5.41, 5.74) is 1.68. The van der Waals surface area contributed by atoms with Crippen LogP contribution in [0.2, 0.25) is 5.02 Å². The number of rotatable bonds is 9. The molecular weight excluding hydrogens is 534 g/mol.